The van der Waals surface area contributed by atoms with E-state index in [0.717, 1.165) is 16.9 Å². The lowest BCUT2D eigenvalue weighted by molar-refractivity contribution is -0.384. The number of nitrogens with zero attached hydrogens (tertiary/aromatic N) is 3. The predicted molar refractivity (Wildman–Crippen MR) is 90.1 cm³/mol. The van der Waals surface area contributed by atoms with Crippen LogP contribution < -0.4 is 0 Å². The molecule has 1 atom stereocenters. The van der Waals surface area contributed by atoms with E-state index in [1.54, 1.807) is 12.1 Å². The molecule has 1 aromatic heterocycles. The molecule has 0 aliphatic rings. The first kappa shape index (κ1) is 16.2. The molecule has 6 nitrogen and oxygen atoms in total. The summed E-state index contributed by atoms with van der Waals surface area (Å²) in [5, 5.41) is 19.3. The second kappa shape index (κ2) is 7.27. The summed E-state index contributed by atoms with van der Waals surface area (Å²) in [4.78, 5) is 11.1. The summed E-state index contributed by atoms with van der Waals surface area (Å²) in [7, 11) is 0. The van der Waals surface area contributed by atoms with E-state index in [1.807, 2.05) is 30.3 Å². The molecule has 7 heteroatoms. The van der Waals surface area contributed by atoms with Crippen molar-refractivity contribution in [2.75, 3.05) is 0 Å². The molecule has 1 heterocycles. The van der Waals surface area contributed by atoms with Crippen LogP contribution in [-0.4, -0.2) is 15.1 Å². The average molecular weight is 341 g/mol. The van der Waals surface area contributed by atoms with Crippen molar-refractivity contribution in [3.05, 3.63) is 76.2 Å². The lowest BCUT2D eigenvalue weighted by atomic mass is 9.97. The van der Waals surface area contributed by atoms with E-state index in [1.165, 1.54) is 23.9 Å². The van der Waals surface area contributed by atoms with Gasteiger partial charge in [-0.2, -0.15) is 0 Å². The first-order valence-corrected chi connectivity index (χ1v) is 8.29. The highest BCUT2D eigenvalue weighted by molar-refractivity contribution is 7.99. The van der Waals surface area contributed by atoms with Crippen LogP contribution in [0.15, 0.2) is 69.1 Å². The molecule has 24 heavy (non-hydrogen) atoms. The van der Waals surface area contributed by atoms with Crippen molar-refractivity contribution in [2.45, 2.75) is 29.4 Å². The number of benzene rings is 2. The minimum absolute atomic E-state index is 0.0562. The van der Waals surface area contributed by atoms with E-state index in [0.29, 0.717) is 11.1 Å². The number of nitro benzene ring substituents is 1. The van der Waals surface area contributed by atoms with Crippen LogP contribution in [0.3, 0.4) is 0 Å². The Morgan fingerprint density at radius 2 is 1.83 bits per heavy atom. The fourth-order valence-electron chi connectivity index (χ4n) is 2.38. The molecule has 0 aliphatic heterocycles. The minimum Gasteiger partial charge on any atom is -0.415 e. The summed E-state index contributed by atoms with van der Waals surface area (Å²) in [6.07, 6.45) is 0.855. The first-order valence-electron chi connectivity index (χ1n) is 7.48. The lowest BCUT2D eigenvalue weighted by Gasteiger charge is -2.10. The molecule has 0 saturated heterocycles. The molecule has 0 bridgehead atoms. The largest absolute Gasteiger partial charge is 0.415 e. The van der Waals surface area contributed by atoms with Gasteiger partial charge < -0.3 is 4.42 Å². The van der Waals surface area contributed by atoms with Gasteiger partial charge in [-0.15, -0.1) is 10.2 Å². The van der Waals surface area contributed by atoms with Crippen molar-refractivity contribution in [2.24, 2.45) is 0 Å². The molecule has 0 aliphatic carbocycles. The maximum Gasteiger partial charge on any atom is 0.281 e. The van der Waals surface area contributed by atoms with Crippen LogP contribution in [0.2, 0.25) is 0 Å². The van der Waals surface area contributed by atoms with Gasteiger partial charge in [-0.25, -0.2) is 0 Å². The van der Waals surface area contributed by atoms with Crippen LogP contribution in [-0.2, 0) is 0 Å². The van der Waals surface area contributed by atoms with Gasteiger partial charge in [0, 0.05) is 17.0 Å². The van der Waals surface area contributed by atoms with Crippen LogP contribution in [0.4, 0.5) is 5.69 Å². The Bertz CT molecular complexity index is 819. The maximum atomic E-state index is 10.7. The van der Waals surface area contributed by atoms with E-state index in [-0.39, 0.29) is 11.6 Å². The molecule has 3 rings (SSSR count). The molecular weight excluding hydrogens is 326 g/mol. The Labute approximate surface area is 143 Å². The Balaban J connectivity index is 1.76. The first-order chi connectivity index (χ1) is 11.7. The van der Waals surface area contributed by atoms with Gasteiger partial charge in [-0.05, 0) is 35.9 Å². The molecule has 0 spiro atoms. The molecule has 0 amide bonds. The van der Waals surface area contributed by atoms with Gasteiger partial charge in [0.15, 0.2) is 0 Å². The number of nitro groups is 1. The Hall–Kier alpha value is -2.67. The molecule has 0 saturated carbocycles. The second-order valence-electron chi connectivity index (χ2n) is 5.13. The number of aromatic nitrogens is 2. The number of non-ortho nitro benzene ring substituents is 1. The Morgan fingerprint density at radius 1 is 1.12 bits per heavy atom. The zero-order valence-corrected chi connectivity index (χ0v) is 13.8. The molecular formula is C17H15N3O3S. The van der Waals surface area contributed by atoms with Crippen LogP contribution in [0.25, 0.3) is 0 Å². The highest BCUT2D eigenvalue weighted by atomic mass is 32.2. The van der Waals surface area contributed by atoms with E-state index < -0.39 is 4.92 Å². The Morgan fingerprint density at radius 3 is 2.46 bits per heavy atom. The van der Waals surface area contributed by atoms with Crippen molar-refractivity contribution >= 4 is 17.4 Å². The molecule has 3 aromatic rings. The SMILES string of the molecule is CCC(c1ccccc1)c1nnc(Sc2ccc([N+](=O)[O-])cc2)o1. The molecule has 2 aromatic carbocycles. The topological polar surface area (TPSA) is 82.1 Å². The summed E-state index contributed by atoms with van der Waals surface area (Å²) >= 11 is 1.29. The lowest BCUT2D eigenvalue weighted by Crippen LogP contribution is -1.99. The fourth-order valence-corrected chi connectivity index (χ4v) is 3.06. The van der Waals surface area contributed by atoms with Crippen molar-refractivity contribution in [1.29, 1.82) is 0 Å². The van der Waals surface area contributed by atoms with Crippen LogP contribution in [0, 0.1) is 10.1 Å². The summed E-state index contributed by atoms with van der Waals surface area (Å²) < 4.78 is 5.78. The minimum atomic E-state index is -0.426. The van der Waals surface area contributed by atoms with Crippen molar-refractivity contribution in [1.82, 2.24) is 10.2 Å². The number of rotatable bonds is 6. The predicted octanol–water partition coefficient (Wildman–Crippen LogP) is 4.67. The Kier molecular flexibility index (Phi) is 4.90. The van der Waals surface area contributed by atoms with Crippen molar-refractivity contribution in [3.8, 4) is 0 Å². The van der Waals surface area contributed by atoms with E-state index in [9.17, 15) is 10.1 Å². The zero-order chi connectivity index (χ0) is 16.9. The van der Waals surface area contributed by atoms with E-state index in [2.05, 4.69) is 17.1 Å². The third-order valence-electron chi connectivity index (χ3n) is 3.58. The quantitative estimate of drug-likeness (QED) is 0.478. The van der Waals surface area contributed by atoms with Crippen molar-refractivity contribution in [3.63, 3.8) is 0 Å². The van der Waals surface area contributed by atoms with Crippen molar-refractivity contribution < 1.29 is 9.34 Å². The summed E-state index contributed by atoms with van der Waals surface area (Å²) in [6, 6.07) is 16.3. The monoisotopic (exact) mass is 341 g/mol. The molecule has 0 fully saturated rings. The smallest absolute Gasteiger partial charge is 0.281 e. The number of hydrogen-bond donors (Lipinski definition) is 0. The molecule has 0 radical (unpaired) electrons. The van der Waals surface area contributed by atoms with Crippen LogP contribution in [0.5, 0.6) is 0 Å². The highest BCUT2D eigenvalue weighted by Gasteiger charge is 2.19. The van der Waals surface area contributed by atoms with Gasteiger partial charge in [0.25, 0.3) is 10.9 Å². The summed E-state index contributed by atoms with van der Waals surface area (Å²) in [5.74, 6) is 0.637. The van der Waals surface area contributed by atoms with E-state index in [4.69, 9.17) is 4.42 Å². The normalized spacial score (nSPS) is 12.0. The third kappa shape index (κ3) is 3.62. The van der Waals surface area contributed by atoms with Gasteiger partial charge in [0.1, 0.15) is 0 Å². The van der Waals surface area contributed by atoms with Gasteiger partial charge in [-0.3, -0.25) is 10.1 Å². The molecule has 0 N–H and O–H groups in total. The number of hydrogen-bond acceptors (Lipinski definition) is 6. The second-order valence-corrected chi connectivity index (χ2v) is 6.16. The average Bonchev–Trinajstić information content (AvgIpc) is 3.05. The zero-order valence-electron chi connectivity index (χ0n) is 13.0. The fraction of sp³-hybridized carbons (Fsp3) is 0.176. The van der Waals surface area contributed by atoms with E-state index >= 15 is 0 Å². The molecule has 122 valence electrons. The summed E-state index contributed by atoms with van der Waals surface area (Å²) in [5.41, 5.74) is 1.19. The standard InChI is InChI=1S/C17H15N3O3S/c1-2-15(12-6-4-3-5-7-12)16-18-19-17(23-16)24-14-10-8-13(9-11-14)20(21)22/h3-11,15H,2H2,1H3. The van der Waals surface area contributed by atoms with Gasteiger partial charge in [0.2, 0.25) is 5.89 Å². The highest BCUT2D eigenvalue weighted by Crippen LogP contribution is 2.32. The van der Waals surface area contributed by atoms with Crippen LogP contribution >= 0.6 is 11.8 Å². The molecule has 1 unspecified atom stereocenters. The third-order valence-corrected chi connectivity index (χ3v) is 4.43. The van der Waals surface area contributed by atoms with Gasteiger partial charge >= 0.3 is 0 Å². The van der Waals surface area contributed by atoms with Crippen LogP contribution in [0.1, 0.15) is 30.7 Å². The van der Waals surface area contributed by atoms with Gasteiger partial charge in [0.05, 0.1) is 10.8 Å². The summed E-state index contributed by atoms with van der Waals surface area (Å²) in [6.45, 7) is 2.07. The van der Waals surface area contributed by atoms with Gasteiger partial charge in [-0.1, -0.05) is 37.3 Å². The maximum absolute atomic E-state index is 10.7.